The van der Waals surface area contributed by atoms with Crippen molar-refractivity contribution in [2.45, 2.75) is 141 Å². The molecule has 2 atom stereocenters. The Bertz CT molecular complexity index is 421. The van der Waals surface area contributed by atoms with E-state index >= 15 is 0 Å². The Balaban J connectivity index is 1.55. The number of carbonyl (C=O) groups excluding carboxylic acids is 1. The molecule has 1 aliphatic heterocycles. The van der Waals surface area contributed by atoms with Crippen LogP contribution in [0.3, 0.4) is 0 Å². The maximum Gasteiger partial charge on any atom is 0.242 e. The van der Waals surface area contributed by atoms with Gasteiger partial charge in [0, 0.05) is 18.6 Å². The number of hydrogen-bond donors (Lipinski definition) is 1. The van der Waals surface area contributed by atoms with Crippen molar-refractivity contribution in [3.8, 4) is 0 Å². The topological polar surface area (TPSA) is 32.3 Å². The van der Waals surface area contributed by atoms with Gasteiger partial charge in [-0.15, -0.1) is 0 Å². The first-order valence-corrected chi connectivity index (χ1v) is 12.1. The quantitative estimate of drug-likeness (QED) is 0.386. The highest BCUT2D eigenvalue weighted by molar-refractivity contribution is 5.86. The lowest BCUT2D eigenvalue weighted by atomic mass is 9.83. The molecule has 1 aliphatic carbocycles. The summed E-state index contributed by atoms with van der Waals surface area (Å²) in [6.45, 7) is 7.39. The van der Waals surface area contributed by atoms with Gasteiger partial charge in [-0.1, -0.05) is 90.4 Å². The molecule has 158 valence electrons. The van der Waals surface area contributed by atoms with Crippen molar-refractivity contribution < 1.29 is 4.79 Å². The van der Waals surface area contributed by atoms with E-state index in [2.05, 4.69) is 31.0 Å². The van der Waals surface area contributed by atoms with Gasteiger partial charge in [-0.3, -0.25) is 10.1 Å². The van der Waals surface area contributed by atoms with Crippen molar-refractivity contribution in [1.29, 1.82) is 0 Å². The molecule has 1 N–H and O–H groups in total. The summed E-state index contributed by atoms with van der Waals surface area (Å²) < 4.78 is 0. The molecule has 0 radical (unpaired) electrons. The van der Waals surface area contributed by atoms with Gasteiger partial charge in [0.05, 0.1) is 5.54 Å². The molecule has 0 aromatic carbocycles. The van der Waals surface area contributed by atoms with Gasteiger partial charge in [-0.25, -0.2) is 0 Å². The summed E-state index contributed by atoms with van der Waals surface area (Å²) >= 11 is 0. The predicted octanol–water partition coefficient (Wildman–Crippen LogP) is 6.21. The normalized spacial score (nSPS) is 24.9. The summed E-state index contributed by atoms with van der Waals surface area (Å²) in [6, 6.07) is 0.968. The van der Waals surface area contributed by atoms with Crippen LogP contribution in [0.15, 0.2) is 0 Å². The molecule has 0 bridgehead atoms. The van der Waals surface area contributed by atoms with Gasteiger partial charge in [-0.05, 0) is 33.1 Å². The van der Waals surface area contributed by atoms with Crippen LogP contribution in [0, 0.1) is 0 Å². The Morgan fingerprint density at radius 1 is 0.852 bits per heavy atom. The number of rotatable bonds is 13. The van der Waals surface area contributed by atoms with E-state index in [1.165, 1.54) is 103 Å². The van der Waals surface area contributed by atoms with Crippen LogP contribution >= 0.6 is 0 Å². The fourth-order valence-corrected chi connectivity index (χ4v) is 5.08. The van der Waals surface area contributed by atoms with Crippen molar-refractivity contribution in [1.82, 2.24) is 10.2 Å². The lowest BCUT2D eigenvalue weighted by Gasteiger charge is -2.50. The molecule has 2 unspecified atom stereocenters. The van der Waals surface area contributed by atoms with Crippen molar-refractivity contribution in [3.63, 3.8) is 0 Å². The van der Waals surface area contributed by atoms with Crippen LogP contribution in [-0.4, -0.2) is 35.0 Å². The van der Waals surface area contributed by atoms with Crippen molar-refractivity contribution in [2.75, 3.05) is 6.54 Å². The molecule has 0 spiro atoms. The fraction of sp³-hybridized carbons (Fsp3) is 0.958. The van der Waals surface area contributed by atoms with Crippen LogP contribution in [0.5, 0.6) is 0 Å². The molecule has 3 nitrogen and oxygen atoms in total. The number of nitrogens with zero attached hydrogens (tertiary/aromatic N) is 1. The van der Waals surface area contributed by atoms with Crippen molar-refractivity contribution in [3.05, 3.63) is 0 Å². The first kappa shape index (κ1) is 22.7. The van der Waals surface area contributed by atoms with Crippen LogP contribution in [-0.2, 0) is 4.79 Å². The molecule has 0 aromatic rings. The lowest BCUT2D eigenvalue weighted by Crippen LogP contribution is -2.70. The van der Waals surface area contributed by atoms with E-state index in [-0.39, 0.29) is 5.54 Å². The van der Waals surface area contributed by atoms with E-state index in [4.69, 9.17) is 0 Å². The number of piperazine rings is 1. The minimum Gasteiger partial charge on any atom is -0.337 e. The summed E-state index contributed by atoms with van der Waals surface area (Å²) in [5, 5.41) is 3.63. The lowest BCUT2D eigenvalue weighted by molar-refractivity contribution is -0.147. The van der Waals surface area contributed by atoms with E-state index in [0.717, 1.165) is 6.54 Å². The number of amides is 1. The Labute approximate surface area is 169 Å². The summed E-state index contributed by atoms with van der Waals surface area (Å²) in [5.41, 5.74) is -0.379. The molecule has 0 aromatic heterocycles. The largest absolute Gasteiger partial charge is 0.337 e. The van der Waals surface area contributed by atoms with Gasteiger partial charge in [-0.2, -0.15) is 0 Å². The zero-order valence-electron chi connectivity index (χ0n) is 18.5. The second kappa shape index (κ2) is 12.1. The highest BCUT2D eigenvalue weighted by atomic mass is 16.2. The molecule has 1 amide bonds. The second-order valence-corrected chi connectivity index (χ2v) is 9.62. The summed E-state index contributed by atoms with van der Waals surface area (Å²) in [5.74, 6) is 0.328. The van der Waals surface area contributed by atoms with Crippen LogP contribution in [0.2, 0.25) is 0 Å². The first-order chi connectivity index (χ1) is 13.1. The highest BCUT2D eigenvalue weighted by Crippen LogP contribution is 2.31. The zero-order valence-corrected chi connectivity index (χ0v) is 18.5. The van der Waals surface area contributed by atoms with Gasteiger partial charge >= 0.3 is 0 Å². The Morgan fingerprint density at radius 3 is 1.96 bits per heavy atom. The third-order valence-corrected chi connectivity index (χ3v) is 6.72. The molecular formula is C24H46N2O. The van der Waals surface area contributed by atoms with Crippen LogP contribution < -0.4 is 5.32 Å². The first-order valence-electron chi connectivity index (χ1n) is 12.1. The minimum absolute atomic E-state index is 0.328. The van der Waals surface area contributed by atoms with E-state index < -0.39 is 0 Å². The summed E-state index contributed by atoms with van der Waals surface area (Å²) in [7, 11) is 0. The van der Waals surface area contributed by atoms with Crippen LogP contribution in [0.4, 0.5) is 0 Å². The van der Waals surface area contributed by atoms with Crippen molar-refractivity contribution in [2.24, 2.45) is 0 Å². The Morgan fingerprint density at radius 2 is 1.37 bits per heavy atom. The summed E-state index contributed by atoms with van der Waals surface area (Å²) in [6.07, 6.45) is 21.5. The van der Waals surface area contributed by atoms with Crippen LogP contribution in [0.25, 0.3) is 0 Å². The van der Waals surface area contributed by atoms with Crippen LogP contribution in [0.1, 0.15) is 124 Å². The number of carbonyl (C=O) groups is 1. The molecular weight excluding hydrogens is 332 g/mol. The number of nitrogens with one attached hydrogen (secondary N) is 1. The third-order valence-electron chi connectivity index (χ3n) is 6.72. The minimum atomic E-state index is -0.379. The molecule has 2 fully saturated rings. The molecule has 1 saturated heterocycles. The Kier molecular flexibility index (Phi) is 10.2. The average molecular weight is 379 g/mol. The second-order valence-electron chi connectivity index (χ2n) is 9.62. The maximum absolute atomic E-state index is 12.9. The van der Waals surface area contributed by atoms with Crippen molar-refractivity contribution >= 4 is 5.91 Å². The van der Waals surface area contributed by atoms with E-state index in [1.54, 1.807) is 0 Å². The van der Waals surface area contributed by atoms with Gasteiger partial charge in [0.2, 0.25) is 5.91 Å². The van der Waals surface area contributed by atoms with E-state index in [9.17, 15) is 4.79 Å². The van der Waals surface area contributed by atoms with Gasteiger partial charge in [0.1, 0.15) is 0 Å². The predicted molar refractivity (Wildman–Crippen MR) is 116 cm³/mol. The zero-order chi connectivity index (χ0) is 19.5. The average Bonchev–Trinajstić information content (AvgIpc) is 2.65. The molecule has 1 saturated carbocycles. The number of hydrogen-bond acceptors (Lipinski definition) is 2. The smallest absolute Gasteiger partial charge is 0.242 e. The molecule has 1 heterocycles. The number of unbranched alkanes of at least 4 members (excludes halogenated alkanes) is 11. The van der Waals surface area contributed by atoms with E-state index in [1.807, 2.05) is 0 Å². The SMILES string of the molecule is CCCCCCCCCCCCCCN1C(=O)C(C)(C)NC2CCCCC21. The molecule has 2 aliphatic rings. The third kappa shape index (κ3) is 7.40. The van der Waals surface area contributed by atoms with E-state index in [0.29, 0.717) is 18.0 Å². The summed E-state index contributed by atoms with van der Waals surface area (Å²) in [4.78, 5) is 15.1. The van der Waals surface area contributed by atoms with Gasteiger partial charge in [0.25, 0.3) is 0 Å². The number of fused-ring (bicyclic) bond motifs is 1. The van der Waals surface area contributed by atoms with Gasteiger partial charge in [0.15, 0.2) is 0 Å². The molecule has 3 heteroatoms. The molecule has 27 heavy (non-hydrogen) atoms. The highest BCUT2D eigenvalue weighted by Gasteiger charge is 2.45. The maximum atomic E-state index is 12.9. The fourth-order valence-electron chi connectivity index (χ4n) is 5.08. The standard InChI is InChI=1S/C24H46N2O/c1-4-5-6-7-8-9-10-11-12-13-14-17-20-26-22-19-16-15-18-21(22)25-24(2,3)23(26)27/h21-22,25H,4-20H2,1-3H3. The monoisotopic (exact) mass is 378 g/mol. The Hall–Kier alpha value is -0.570. The van der Waals surface area contributed by atoms with Gasteiger partial charge < -0.3 is 4.90 Å². The molecule has 2 rings (SSSR count).